The molecule has 0 radical (unpaired) electrons. The minimum atomic E-state index is -0.221. The van der Waals surface area contributed by atoms with Crippen molar-refractivity contribution in [3.05, 3.63) is 18.2 Å². The van der Waals surface area contributed by atoms with Crippen LogP contribution in [-0.2, 0) is 9.53 Å². The summed E-state index contributed by atoms with van der Waals surface area (Å²) < 4.78 is 7.45. The Kier molecular flexibility index (Phi) is 4.81. The molecule has 1 aliphatic carbocycles. The molecule has 5 heteroatoms. The lowest BCUT2D eigenvalue weighted by Gasteiger charge is -2.41. The number of aromatic nitrogens is 2. The summed E-state index contributed by atoms with van der Waals surface area (Å²) in [7, 11) is 0. The molecule has 1 aromatic rings. The first-order valence-electron chi connectivity index (χ1n) is 7.43. The summed E-state index contributed by atoms with van der Waals surface area (Å²) in [6, 6.07) is -0.221. The molecule has 0 saturated heterocycles. The van der Waals surface area contributed by atoms with Crippen LogP contribution in [0.1, 0.15) is 45.0 Å². The number of imidazole rings is 1. The van der Waals surface area contributed by atoms with Crippen LogP contribution in [0, 0.1) is 12.3 Å². The predicted octanol–water partition coefficient (Wildman–Crippen LogP) is 2.08. The molecule has 0 aromatic carbocycles. The molecule has 1 heterocycles. The highest BCUT2D eigenvalue weighted by Crippen LogP contribution is 2.40. The average molecular weight is 279 g/mol. The van der Waals surface area contributed by atoms with Gasteiger partial charge in [-0.25, -0.2) is 4.98 Å². The van der Waals surface area contributed by atoms with Gasteiger partial charge in [-0.3, -0.25) is 4.79 Å². The standard InChI is InChI=1S/C15H25N3O2/c1-4-20-11-15(6-5-7-15)10-17-14(19)12(2)18-9-8-16-13(18)3/h8-9,12H,4-7,10-11H2,1-3H3,(H,17,19). The van der Waals surface area contributed by atoms with E-state index in [-0.39, 0.29) is 17.4 Å². The number of nitrogens with zero attached hydrogens (tertiary/aromatic N) is 2. The van der Waals surface area contributed by atoms with E-state index in [4.69, 9.17) is 4.74 Å². The second kappa shape index (κ2) is 6.39. The van der Waals surface area contributed by atoms with E-state index in [0.29, 0.717) is 6.54 Å². The lowest BCUT2D eigenvalue weighted by atomic mass is 9.69. The van der Waals surface area contributed by atoms with E-state index in [9.17, 15) is 4.79 Å². The number of hydrogen-bond acceptors (Lipinski definition) is 3. The molecule has 5 nitrogen and oxygen atoms in total. The molecule has 0 bridgehead atoms. The first-order chi connectivity index (χ1) is 9.58. The smallest absolute Gasteiger partial charge is 0.242 e. The maximum atomic E-state index is 12.3. The molecule has 0 spiro atoms. The first kappa shape index (κ1) is 15.0. The van der Waals surface area contributed by atoms with Gasteiger partial charge in [-0.05, 0) is 33.6 Å². The largest absolute Gasteiger partial charge is 0.381 e. The Morgan fingerprint density at radius 1 is 1.60 bits per heavy atom. The van der Waals surface area contributed by atoms with E-state index in [0.717, 1.165) is 31.9 Å². The minimum absolute atomic E-state index is 0.0499. The molecule has 1 fully saturated rings. The fourth-order valence-electron chi connectivity index (χ4n) is 2.71. The van der Waals surface area contributed by atoms with Crippen molar-refractivity contribution < 1.29 is 9.53 Å². The highest BCUT2D eigenvalue weighted by atomic mass is 16.5. The van der Waals surface area contributed by atoms with Crippen LogP contribution in [0.4, 0.5) is 0 Å². The van der Waals surface area contributed by atoms with Crippen molar-refractivity contribution in [3.8, 4) is 0 Å². The van der Waals surface area contributed by atoms with Gasteiger partial charge in [-0.1, -0.05) is 6.42 Å². The average Bonchev–Trinajstić information content (AvgIpc) is 2.82. The van der Waals surface area contributed by atoms with Gasteiger partial charge >= 0.3 is 0 Å². The Labute approximate surface area is 120 Å². The molecule has 1 aromatic heterocycles. The molecular weight excluding hydrogens is 254 g/mol. The van der Waals surface area contributed by atoms with Gasteiger partial charge < -0.3 is 14.6 Å². The van der Waals surface area contributed by atoms with E-state index >= 15 is 0 Å². The van der Waals surface area contributed by atoms with Gasteiger partial charge in [0.25, 0.3) is 0 Å². The van der Waals surface area contributed by atoms with Crippen LogP contribution in [0.5, 0.6) is 0 Å². The number of nitrogens with one attached hydrogen (secondary N) is 1. The normalized spacial score (nSPS) is 18.4. The van der Waals surface area contributed by atoms with Gasteiger partial charge in [-0.2, -0.15) is 0 Å². The van der Waals surface area contributed by atoms with E-state index in [1.54, 1.807) is 6.20 Å². The quantitative estimate of drug-likeness (QED) is 0.831. The van der Waals surface area contributed by atoms with Crippen LogP contribution >= 0.6 is 0 Å². The number of carbonyl (C=O) groups is 1. The zero-order valence-electron chi connectivity index (χ0n) is 12.7. The number of ether oxygens (including phenoxy) is 1. The Hall–Kier alpha value is -1.36. The number of aryl methyl sites for hydroxylation is 1. The molecule has 2 rings (SSSR count). The third-order valence-corrected chi connectivity index (χ3v) is 4.32. The van der Waals surface area contributed by atoms with Crippen LogP contribution in [0.2, 0.25) is 0 Å². The van der Waals surface area contributed by atoms with Gasteiger partial charge in [0.15, 0.2) is 0 Å². The molecule has 1 unspecified atom stereocenters. The van der Waals surface area contributed by atoms with Gasteiger partial charge in [0.2, 0.25) is 5.91 Å². The highest BCUT2D eigenvalue weighted by molar-refractivity contribution is 5.80. The first-order valence-corrected chi connectivity index (χ1v) is 7.43. The fourth-order valence-corrected chi connectivity index (χ4v) is 2.71. The third-order valence-electron chi connectivity index (χ3n) is 4.32. The van der Waals surface area contributed by atoms with Crippen molar-refractivity contribution in [1.82, 2.24) is 14.9 Å². The molecule has 1 aliphatic rings. The molecule has 112 valence electrons. The van der Waals surface area contributed by atoms with Crippen molar-refractivity contribution in [2.45, 2.75) is 46.1 Å². The lowest BCUT2D eigenvalue weighted by molar-refractivity contribution is -0.125. The third kappa shape index (κ3) is 3.20. The number of rotatable bonds is 7. The zero-order chi connectivity index (χ0) is 14.6. The Morgan fingerprint density at radius 2 is 2.35 bits per heavy atom. The molecular formula is C15H25N3O2. The second-order valence-electron chi connectivity index (χ2n) is 5.77. The molecule has 20 heavy (non-hydrogen) atoms. The molecule has 1 atom stereocenters. The summed E-state index contributed by atoms with van der Waals surface area (Å²) in [4.78, 5) is 16.4. The van der Waals surface area contributed by atoms with Crippen LogP contribution in [-0.4, -0.2) is 35.2 Å². The van der Waals surface area contributed by atoms with Gasteiger partial charge in [0.1, 0.15) is 11.9 Å². The molecule has 1 amide bonds. The topological polar surface area (TPSA) is 56.1 Å². The zero-order valence-corrected chi connectivity index (χ0v) is 12.7. The van der Waals surface area contributed by atoms with Crippen molar-refractivity contribution >= 4 is 5.91 Å². The predicted molar refractivity (Wildman–Crippen MR) is 77.5 cm³/mol. The summed E-state index contributed by atoms with van der Waals surface area (Å²) in [6.45, 7) is 8.02. The highest BCUT2D eigenvalue weighted by Gasteiger charge is 2.37. The van der Waals surface area contributed by atoms with Crippen LogP contribution in [0.25, 0.3) is 0 Å². The van der Waals surface area contributed by atoms with E-state index in [1.165, 1.54) is 6.42 Å². The van der Waals surface area contributed by atoms with Crippen LogP contribution in [0.3, 0.4) is 0 Å². The van der Waals surface area contributed by atoms with Gasteiger partial charge in [0, 0.05) is 31.0 Å². The maximum absolute atomic E-state index is 12.3. The Bertz CT molecular complexity index is 452. The SMILES string of the molecule is CCOCC1(CNC(=O)C(C)n2ccnc2C)CCC1. The van der Waals surface area contributed by atoms with Crippen LogP contribution in [0.15, 0.2) is 12.4 Å². The van der Waals surface area contributed by atoms with Crippen molar-refractivity contribution in [3.63, 3.8) is 0 Å². The van der Waals surface area contributed by atoms with Crippen molar-refractivity contribution in [2.24, 2.45) is 5.41 Å². The summed E-state index contributed by atoms with van der Waals surface area (Å²) >= 11 is 0. The summed E-state index contributed by atoms with van der Waals surface area (Å²) in [6.07, 6.45) is 7.09. The van der Waals surface area contributed by atoms with Crippen molar-refractivity contribution in [2.75, 3.05) is 19.8 Å². The summed E-state index contributed by atoms with van der Waals surface area (Å²) in [5.41, 5.74) is 0.162. The molecule has 1 saturated carbocycles. The van der Waals surface area contributed by atoms with Gasteiger partial charge in [-0.15, -0.1) is 0 Å². The van der Waals surface area contributed by atoms with Gasteiger partial charge in [0.05, 0.1) is 6.61 Å². The summed E-state index contributed by atoms with van der Waals surface area (Å²) in [5, 5.41) is 3.08. The number of amides is 1. The van der Waals surface area contributed by atoms with Crippen LogP contribution < -0.4 is 5.32 Å². The van der Waals surface area contributed by atoms with E-state index < -0.39 is 0 Å². The molecule has 0 aliphatic heterocycles. The molecule has 1 N–H and O–H groups in total. The second-order valence-corrected chi connectivity index (χ2v) is 5.77. The fraction of sp³-hybridized carbons (Fsp3) is 0.733. The maximum Gasteiger partial charge on any atom is 0.242 e. The Balaban J connectivity index is 1.87. The van der Waals surface area contributed by atoms with E-state index in [2.05, 4.69) is 10.3 Å². The monoisotopic (exact) mass is 279 g/mol. The van der Waals surface area contributed by atoms with E-state index in [1.807, 2.05) is 31.5 Å². The number of carbonyl (C=O) groups excluding carboxylic acids is 1. The summed E-state index contributed by atoms with van der Waals surface area (Å²) in [5.74, 6) is 0.911. The lowest BCUT2D eigenvalue weighted by Crippen LogP contribution is -2.46. The number of hydrogen-bond donors (Lipinski definition) is 1. The minimum Gasteiger partial charge on any atom is -0.381 e. The van der Waals surface area contributed by atoms with Crippen molar-refractivity contribution in [1.29, 1.82) is 0 Å². The Morgan fingerprint density at radius 3 is 2.85 bits per heavy atom.